The highest BCUT2D eigenvalue weighted by molar-refractivity contribution is 6.03. The molecular formula is C14H13FN2O3. The predicted molar refractivity (Wildman–Crippen MR) is 71.2 cm³/mol. The van der Waals surface area contributed by atoms with E-state index in [0.29, 0.717) is 11.3 Å². The van der Waals surface area contributed by atoms with E-state index in [4.69, 9.17) is 5.11 Å². The first kappa shape index (κ1) is 13.8. The van der Waals surface area contributed by atoms with Gasteiger partial charge in [0.05, 0.1) is 0 Å². The van der Waals surface area contributed by atoms with Crippen molar-refractivity contribution in [2.75, 3.05) is 5.32 Å². The maximum atomic E-state index is 13.4. The number of carboxylic acids is 1. The van der Waals surface area contributed by atoms with E-state index in [0.717, 1.165) is 0 Å². The average molecular weight is 276 g/mol. The molecule has 1 aromatic carbocycles. The molecule has 2 aromatic rings. The molecular weight excluding hydrogens is 263 g/mol. The van der Waals surface area contributed by atoms with Gasteiger partial charge in [0.1, 0.15) is 18.1 Å². The molecule has 1 amide bonds. The summed E-state index contributed by atoms with van der Waals surface area (Å²) in [5.74, 6) is -1.94. The highest BCUT2D eigenvalue weighted by Gasteiger charge is 2.13. The maximum absolute atomic E-state index is 13.4. The Kier molecular flexibility index (Phi) is 3.84. The standard InChI is InChI=1S/C14H13FN2O3/c1-9-4-5-10(7-11(9)15)16-14(20)12-3-2-6-17(12)8-13(18)19/h2-7H,8H2,1H3,(H,16,20)(H,18,19). The molecule has 5 nitrogen and oxygen atoms in total. The van der Waals surface area contributed by atoms with Gasteiger partial charge in [0.15, 0.2) is 0 Å². The van der Waals surface area contributed by atoms with Crippen LogP contribution in [0.3, 0.4) is 0 Å². The zero-order valence-corrected chi connectivity index (χ0v) is 10.8. The van der Waals surface area contributed by atoms with E-state index in [2.05, 4.69) is 5.32 Å². The first-order valence-electron chi connectivity index (χ1n) is 5.92. The normalized spacial score (nSPS) is 10.3. The van der Waals surface area contributed by atoms with Crippen LogP contribution < -0.4 is 5.32 Å². The molecule has 0 bridgehead atoms. The van der Waals surface area contributed by atoms with Gasteiger partial charge in [-0.05, 0) is 36.8 Å². The zero-order valence-electron chi connectivity index (χ0n) is 10.8. The van der Waals surface area contributed by atoms with Crippen molar-refractivity contribution in [2.45, 2.75) is 13.5 Å². The second-order valence-electron chi connectivity index (χ2n) is 4.33. The number of benzene rings is 1. The molecule has 1 aromatic heterocycles. The first-order valence-corrected chi connectivity index (χ1v) is 5.92. The molecule has 0 unspecified atom stereocenters. The summed E-state index contributed by atoms with van der Waals surface area (Å²) in [5.41, 5.74) is 1.01. The average Bonchev–Trinajstić information content (AvgIpc) is 2.81. The third-order valence-corrected chi connectivity index (χ3v) is 2.80. The van der Waals surface area contributed by atoms with Crippen molar-refractivity contribution in [3.05, 3.63) is 53.6 Å². The Bertz CT molecular complexity index is 664. The SMILES string of the molecule is Cc1ccc(NC(=O)c2cccn2CC(=O)O)cc1F. The van der Waals surface area contributed by atoms with Crippen LogP contribution in [0.4, 0.5) is 10.1 Å². The molecule has 0 atom stereocenters. The molecule has 0 radical (unpaired) electrons. The molecule has 0 spiro atoms. The molecule has 6 heteroatoms. The largest absolute Gasteiger partial charge is 0.480 e. The Morgan fingerprint density at radius 2 is 2.10 bits per heavy atom. The lowest BCUT2D eigenvalue weighted by Crippen LogP contribution is -2.19. The predicted octanol–water partition coefficient (Wildman–Crippen LogP) is 2.27. The summed E-state index contributed by atoms with van der Waals surface area (Å²) in [7, 11) is 0. The van der Waals surface area contributed by atoms with Gasteiger partial charge in [-0.3, -0.25) is 9.59 Å². The Balaban J connectivity index is 2.17. The number of aryl methyl sites for hydroxylation is 1. The van der Waals surface area contributed by atoms with Gasteiger partial charge >= 0.3 is 5.97 Å². The number of carboxylic acid groups (broad SMARTS) is 1. The van der Waals surface area contributed by atoms with E-state index in [1.54, 1.807) is 25.1 Å². The molecule has 0 fully saturated rings. The number of nitrogens with zero attached hydrogens (tertiary/aromatic N) is 1. The summed E-state index contributed by atoms with van der Waals surface area (Å²) in [6.45, 7) is 1.32. The van der Waals surface area contributed by atoms with Crippen LogP contribution >= 0.6 is 0 Å². The molecule has 0 saturated heterocycles. The lowest BCUT2D eigenvalue weighted by atomic mass is 10.2. The molecule has 20 heavy (non-hydrogen) atoms. The zero-order chi connectivity index (χ0) is 14.7. The van der Waals surface area contributed by atoms with Crippen LogP contribution in [0, 0.1) is 12.7 Å². The van der Waals surface area contributed by atoms with Crippen LogP contribution in [0.5, 0.6) is 0 Å². The van der Waals surface area contributed by atoms with Gasteiger partial charge in [0.2, 0.25) is 0 Å². The Morgan fingerprint density at radius 1 is 1.35 bits per heavy atom. The fourth-order valence-corrected chi connectivity index (χ4v) is 1.77. The molecule has 0 saturated carbocycles. The number of rotatable bonds is 4. The number of amides is 1. The molecule has 2 rings (SSSR count). The molecule has 0 aliphatic heterocycles. The molecule has 104 valence electrons. The van der Waals surface area contributed by atoms with Crippen molar-refractivity contribution in [2.24, 2.45) is 0 Å². The minimum Gasteiger partial charge on any atom is -0.480 e. The van der Waals surface area contributed by atoms with Crippen molar-refractivity contribution < 1.29 is 19.1 Å². The third-order valence-electron chi connectivity index (χ3n) is 2.80. The summed E-state index contributed by atoms with van der Waals surface area (Å²) in [6.07, 6.45) is 1.50. The quantitative estimate of drug-likeness (QED) is 0.899. The molecule has 2 N–H and O–H groups in total. The van der Waals surface area contributed by atoms with E-state index in [1.165, 1.54) is 22.9 Å². The van der Waals surface area contributed by atoms with Crippen LogP contribution in [0.25, 0.3) is 0 Å². The number of aromatic nitrogens is 1. The number of carbonyl (C=O) groups is 2. The van der Waals surface area contributed by atoms with Crippen LogP contribution in [0.2, 0.25) is 0 Å². The van der Waals surface area contributed by atoms with E-state index >= 15 is 0 Å². The van der Waals surface area contributed by atoms with Crippen LogP contribution in [-0.2, 0) is 11.3 Å². The fraction of sp³-hybridized carbons (Fsp3) is 0.143. The number of hydrogen-bond acceptors (Lipinski definition) is 2. The number of halogens is 1. The Labute approximate surface area is 114 Å². The first-order chi connectivity index (χ1) is 9.47. The van der Waals surface area contributed by atoms with E-state index in [-0.39, 0.29) is 12.2 Å². The highest BCUT2D eigenvalue weighted by Crippen LogP contribution is 2.15. The highest BCUT2D eigenvalue weighted by atomic mass is 19.1. The second-order valence-corrected chi connectivity index (χ2v) is 4.33. The minimum absolute atomic E-state index is 0.202. The number of carbonyl (C=O) groups excluding carboxylic acids is 1. The fourth-order valence-electron chi connectivity index (χ4n) is 1.77. The van der Waals surface area contributed by atoms with Crippen LogP contribution in [0.1, 0.15) is 16.1 Å². The molecule has 0 aliphatic carbocycles. The van der Waals surface area contributed by atoms with Gasteiger partial charge < -0.3 is 15.0 Å². The van der Waals surface area contributed by atoms with Gasteiger partial charge in [0.25, 0.3) is 5.91 Å². The van der Waals surface area contributed by atoms with Gasteiger partial charge in [-0.15, -0.1) is 0 Å². The van der Waals surface area contributed by atoms with Crippen molar-refractivity contribution in [1.82, 2.24) is 4.57 Å². The van der Waals surface area contributed by atoms with Crippen molar-refractivity contribution in [1.29, 1.82) is 0 Å². The lowest BCUT2D eigenvalue weighted by Gasteiger charge is -2.08. The third kappa shape index (κ3) is 3.03. The second kappa shape index (κ2) is 5.56. The van der Waals surface area contributed by atoms with Crippen molar-refractivity contribution in [3.63, 3.8) is 0 Å². The smallest absolute Gasteiger partial charge is 0.323 e. The number of hydrogen-bond donors (Lipinski definition) is 2. The van der Waals surface area contributed by atoms with Crippen molar-refractivity contribution >= 4 is 17.6 Å². The topological polar surface area (TPSA) is 71.3 Å². The van der Waals surface area contributed by atoms with Crippen LogP contribution in [0.15, 0.2) is 36.5 Å². The van der Waals surface area contributed by atoms with Crippen molar-refractivity contribution in [3.8, 4) is 0 Å². The summed E-state index contributed by atoms with van der Waals surface area (Å²) in [4.78, 5) is 22.7. The van der Waals surface area contributed by atoms with E-state index < -0.39 is 17.7 Å². The van der Waals surface area contributed by atoms with Crippen LogP contribution in [-0.4, -0.2) is 21.6 Å². The number of nitrogens with one attached hydrogen (secondary N) is 1. The summed E-state index contributed by atoms with van der Waals surface area (Å²) >= 11 is 0. The van der Waals surface area contributed by atoms with Gasteiger partial charge in [0, 0.05) is 11.9 Å². The maximum Gasteiger partial charge on any atom is 0.323 e. The Hall–Kier alpha value is -2.63. The molecule has 1 heterocycles. The summed E-state index contributed by atoms with van der Waals surface area (Å²) < 4.78 is 14.7. The molecule has 0 aliphatic rings. The Morgan fingerprint density at radius 3 is 2.75 bits per heavy atom. The van der Waals surface area contributed by atoms with Gasteiger partial charge in [-0.1, -0.05) is 6.07 Å². The van der Waals surface area contributed by atoms with Gasteiger partial charge in [-0.25, -0.2) is 4.39 Å². The number of aliphatic carboxylic acids is 1. The monoisotopic (exact) mass is 276 g/mol. The summed E-state index contributed by atoms with van der Waals surface area (Å²) in [5, 5.41) is 11.3. The summed E-state index contributed by atoms with van der Waals surface area (Å²) in [6, 6.07) is 7.44. The van der Waals surface area contributed by atoms with E-state index in [1.807, 2.05) is 0 Å². The van der Waals surface area contributed by atoms with Gasteiger partial charge in [-0.2, -0.15) is 0 Å². The van der Waals surface area contributed by atoms with E-state index in [9.17, 15) is 14.0 Å². The minimum atomic E-state index is -1.04. The lowest BCUT2D eigenvalue weighted by molar-refractivity contribution is -0.137. The number of anilines is 1.